The number of ether oxygens (including phenoxy) is 1. The fourth-order valence-electron chi connectivity index (χ4n) is 2.98. The molecule has 0 aliphatic rings. The van der Waals surface area contributed by atoms with E-state index in [1.807, 2.05) is 45.7 Å². The highest BCUT2D eigenvalue weighted by Crippen LogP contribution is 2.25. The number of benzene rings is 1. The average molecular weight is 400 g/mol. The molecule has 4 rings (SSSR count). The molecule has 8 heteroatoms. The molecule has 3 heterocycles. The molecular weight excluding hydrogens is 378 g/mol. The van der Waals surface area contributed by atoms with Crippen LogP contribution in [0, 0.1) is 0 Å². The van der Waals surface area contributed by atoms with Gasteiger partial charge in [0.15, 0.2) is 5.82 Å². The fraction of sp³-hybridized carbons (Fsp3) is 0.316. The van der Waals surface area contributed by atoms with Crippen LogP contribution in [0.5, 0.6) is 0 Å². The lowest BCUT2D eigenvalue weighted by Gasteiger charge is -2.15. The minimum atomic E-state index is -1.10. The zero-order valence-corrected chi connectivity index (χ0v) is 17.4. The van der Waals surface area contributed by atoms with E-state index in [0.29, 0.717) is 6.73 Å². The van der Waals surface area contributed by atoms with Gasteiger partial charge in [0.1, 0.15) is 18.7 Å². The third-order valence-corrected chi connectivity index (χ3v) is 6.35. The molecule has 0 saturated carbocycles. The molecule has 0 fully saturated rings. The van der Waals surface area contributed by atoms with Crippen molar-refractivity contribution in [3.63, 3.8) is 0 Å². The van der Waals surface area contributed by atoms with Crippen LogP contribution in [0.15, 0.2) is 42.9 Å². The molecule has 0 unspecified atom stereocenters. The van der Waals surface area contributed by atoms with Crippen LogP contribution in [-0.4, -0.2) is 38.8 Å². The van der Waals surface area contributed by atoms with Crippen molar-refractivity contribution in [2.24, 2.45) is 0 Å². The monoisotopic (exact) mass is 399 g/mol. The minimum absolute atomic E-state index is 0.206. The molecule has 0 aliphatic carbocycles. The standard InChI is InChI=1S/C19H22ClN5OSi/c1-27(2,3)11-10-26-13-24-9-8-14-17(24)22-19(20)23-18(14)25-12-21-15-6-4-5-7-16(15)25/h4-9,12H,10-11,13H2,1-3H3. The van der Waals surface area contributed by atoms with Gasteiger partial charge in [-0.1, -0.05) is 31.8 Å². The van der Waals surface area contributed by atoms with E-state index in [4.69, 9.17) is 16.3 Å². The lowest BCUT2D eigenvalue weighted by Crippen LogP contribution is -2.22. The van der Waals surface area contributed by atoms with E-state index in [1.165, 1.54) is 0 Å². The number of rotatable bonds is 6. The van der Waals surface area contributed by atoms with Crippen molar-refractivity contribution in [2.75, 3.05) is 6.61 Å². The van der Waals surface area contributed by atoms with Gasteiger partial charge in [-0.05, 0) is 35.8 Å². The summed E-state index contributed by atoms with van der Waals surface area (Å²) in [5, 5.41) is 1.12. The van der Waals surface area contributed by atoms with Gasteiger partial charge in [0, 0.05) is 20.9 Å². The minimum Gasteiger partial charge on any atom is -0.361 e. The molecule has 0 spiro atoms. The number of fused-ring (bicyclic) bond motifs is 2. The molecule has 3 aromatic heterocycles. The van der Waals surface area contributed by atoms with Crippen LogP contribution in [0.4, 0.5) is 0 Å². The summed E-state index contributed by atoms with van der Waals surface area (Å²) in [7, 11) is -1.10. The quantitative estimate of drug-likeness (QED) is 0.267. The van der Waals surface area contributed by atoms with Gasteiger partial charge in [-0.15, -0.1) is 0 Å². The largest absolute Gasteiger partial charge is 0.361 e. The summed E-state index contributed by atoms with van der Waals surface area (Å²) in [6, 6.07) is 11.1. The van der Waals surface area contributed by atoms with E-state index >= 15 is 0 Å². The maximum atomic E-state index is 6.24. The van der Waals surface area contributed by atoms with Crippen LogP contribution >= 0.6 is 11.6 Å². The first-order valence-electron chi connectivity index (χ1n) is 8.95. The van der Waals surface area contributed by atoms with Gasteiger partial charge >= 0.3 is 0 Å². The molecule has 140 valence electrons. The Morgan fingerprint density at radius 1 is 1.11 bits per heavy atom. The van der Waals surface area contributed by atoms with Crippen molar-refractivity contribution in [3.8, 4) is 5.82 Å². The number of para-hydroxylation sites is 2. The van der Waals surface area contributed by atoms with Crippen molar-refractivity contribution in [1.29, 1.82) is 0 Å². The van der Waals surface area contributed by atoms with Gasteiger partial charge in [-0.3, -0.25) is 4.57 Å². The van der Waals surface area contributed by atoms with E-state index in [9.17, 15) is 0 Å². The lowest BCUT2D eigenvalue weighted by atomic mass is 10.3. The van der Waals surface area contributed by atoms with E-state index < -0.39 is 8.07 Å². The normalized spacial score (nSPS) is 12.3. The van der Waals surface area contributed by atoms with Crippen LogP contribution in [0.25, 0.3) is 27.9 Å². The molecule has 1 aromatic carbocycles. The van der Waals surface area contributed by atoms with E-state index in [-0.39, 0.29) is 5.28 Å². The predicted octanol–water partition coefficient (Wildman–Crippen LogP) is 4.74. The summed E-state index contributed by atoms with van der Waals surface area (Å²) in [5.74, 6) is 0.722. The second-order valence-corrected chi connectivity index (χ2v) is 13.7. The van der Waals surface area contributed by atoms with Gasteiger partial charge in [0.05, 0.1) is 16.4 Å². The smallest absolute Gasteiger partial charge is 0.226 e. The Kier molecular flexibility index (Phi) is 4.75. The molecule has 0 N–H and O–H groups in total. The molecule has 27 heavy (non-hydrogen) atoms. The SMILES string of the molecule is C[Si](C)(C)CCOCn1ccc2c(-n3cnc4ccccc43)nc(Cl)nc21. The van der Waals surface area contributed by atoms with Gasteiger partial charge in [-0.25, -0.2) is 4.98 Å². The van der Waals surface area contributed by atoms with Crippen molar-refractivity contribution in [2.45, 2.75) is 32.4 Å². The number of nitrogens with zero attached hydrogens (tertiary/aromatic N) is 5. The average Bonchev–Trinajstić information content (AvgIpc) is 3.21. The summed E-state index contributed by atoms with van der Waals surface area (Å²) >= 11 is 6.24. The molecular formula is C19H22ClN5OSi. The van der Waals surface area contributed by atoms with Crippen LogP contribution in [0.3, 0.4) is 0 Å². The Hall–Kier alpha value is -2.22. The van der Waals surface area contributed by atoms with Crippen LogP contribution < -0.4 is 0 Å². The number of hydrogen-bond donors (Lipinski definition) is 0. The van der Waals surface area contributed by atoms with Crippen LogP contribution in [-0.2, 0) is 11.5 Å². The number of halogens is 1. The Labute approximate surface area is 163 Å². The van der Waals surface area contributed by atoms with Crippen LogP contribution in [0.2, 0.25) is 31.0 Å². The van der Waals surface area contributed by atoms with E-state index in [1.54, 1.807) is 6.33 Å². The molecule has 0 amide bonds. The van der Waals surface area contributed by atoms with Crippen molar-refractivity contribution in [1.82, 2.24) is 24.1 Å². The Bertz CT molecular complexity index is 1100. The molecule has 4 aromatic rings. The first-order valence-corrected chi connectivity index (χ1v) is 13.0. The summed E-state index contributed by atoms with van der Waals surface area (Å²) < 4.78 is 9.79. The third kappa shape index (κ3) is 3.76. The fourth-order valence-corrected chi connectivity index (χ4v) is 3.90. The molecule has 0 bridgehead atoms. The Morgan fingerprint density at radius 3 is 2.74 bits per heavy atom. The van der Waals surface area contributed by atoms with Gasteiger partial charge in [-0.2, -0.15) is 9.97 Å². The zero-order valence-electron chi connectivity index (χ0n) is 15.7. The van der Waals surface area contributed by atoms with E-state index in [2.05, 4.69) is 34.6 Å². The van der Waals surface area contributed by atoms with Crippen LogP contribution in [0.1, 0.15) is 0 Å². The topological polar surface area (TPSA) is 57.8 Å². The highest BCUT2D eigenvalue weighted by Gasteiger charge is 2.15. The maximum Gasteiger partial charge on any atom is 0.226 e. The number of imidazole rings is 1. The first-order chi connectivity index (χ1) is 12.9. The Balaban J connectivity index is 1.68. The summed E-state index contributed by atoms with van der Waals surface area (Å²) in [4.78, 5) is 13.3. The highest BCUT2D eigenvalue weighted by molar-refractivity contribution is 6.76. The van der Waals surface area contributed by atoms with Gasteiger partial charge in [0.25, 0.3) is 0 Å². The van der Waals surface area contributed by atoms with Crippen molar-refractivity contribution < 1.29 is 4.74 Å². The number of aromatic nitrogens is 5. The van der Waals surface area contributed by atoms with Crippen molar-refractivity contribution >= 4 is 41.7 Å². The lowest BCUT2D eigenvalue weighted by molar-refractivity contribution is 0.0899. The molecule has 0 aliphatic heterocycles. The van der Waals surface area contributed by atoms with Gasteiger partial charge < -0.3 is 9.30 Å². The second kappa shape index (κ2) is 7.07. The predicted molar refractivity (Wildman–Crippen MR) is 111 cm³/mol. The van der Waals surface area contributed by atoms with Gasteiger partial charge in [0.2, 0.25) is 5.28 Å². The molecule has 6 nitrogen and oxygen atoms in total. The number of hydrogen-bond acceptors (Lipinski definition) is 4. The maximum absolute atomic E-state index is 6.24. The first kappa shape index (κ1) is 18.2. The summed E-state index contributed by atoms with van der Waals surface area (Å²) in [5.41, 5.74) is 2.65. The summed E-state index contributed by atoms with van der Waals surface area (Å²) in [6.45, 7) is 8.24. The Morgan fingerprint density at radius 2 is 1.93 bits per heavy atom. The zero-order chi connectivity index (χ0) is 19.0. The second-order valence-electron chi connectivity index (χ2n) is 7.79. The third-order valence-electron chi connectivity index (χ3n) is 4.48. The molecule has 0 saturated heterocycles. The van der Waals surface area contributed by atoms with E-state index in [0.717, 1.165) is 40.5 Å². The molecule has 0 atom stereocenters. The molecule has 0 radical (unpaired) electrons. The summed E-state index contributed by atoms with van der Waals surface area (Å²) in [6.07, 6.45) is 3.73. The highest BCUT2D eigenvalue weighted by atomic mass is 35.5. The van der Waals surface area contributed by atoms with Crippen molar-refractivity contribution in [3.05, 3.63) is 48.1 Å².